The van der Waals surface area contributed by atoms with E-state index in [0.717, 1.165) is 30.6 Å². The summed E-state index contributed by atoms with van der Waals surface area (Å²) in [5, 5.41) is 0.540. The number of hydrogen-bond acceptors (Lipinski definition) is 4. The minimum Gasteiger partial charge on any atom is -0.341 e. The maximum atomic E-state index is 6.21. The molecule has 0 radical (unpaired) electrons. The molecule has 0 aliphatic carbocycles. The summed E-state index contributed by atoms with van der Waals surface area (Å²) in [6.07, 6.45) is 5.79. The van der Waals surface area contributed by atoms with Crippen molar-refractivity contribution in [1.29, 1.82) is 0 Å². The highest BCUT2D eigenvalue weighted by Crippen LogP contribution is 2.27. The lowest BCUT2D eigenvalue weighted by Crippen LogP contribution is -2.34. The van der Waals surface area contributed by atoms with Crippen LogP contribution in [0.4, 0.5) is 5.95 Å². The van der Waals surface area contributed by atoms with Gasteiger partial charge < -0.3 is 4.90 Å². The predicted octanol–water partition coefficient (Wildman–Crippen LogP) is 3.43. The van der Waals surface area contributed by atoms with Gasteiger partial charge in [-0.1, -0.05) is 24.6 Å². The molecule has 20 heavy (non-hydrogen) atoms. The van der Waals surface area contributed by atoms with Gasteiger partial charge in [-0.25, -0.2) is 9.97 Å². The van der Waals surface area contributed by atoms with E-state index >= 15 is 0 Å². The minimum absolute atomic E-state index is 0.540. The van der Waals surface area contributed by atoms with E-state index in [1.54, 1.807) is 12.4 Å². The smallest absolute Gasteiger partial charge is 0.226 e. The van der Waals surface area contributed by atoms with Crippen LogP contribution in [0.2, 0.25) is 5.02 Å². The molecule has 2 aromatic rings. The fourth-order valence-electron chi connectivity index (χ4n) is 2.40. The van der Waals surface area contributed by atoms with E-state index in [1.807, 2.05) is 18.2 Å². The number of rotatable bonds is 2. The summed E-state index contributed by atoms with van der Waals surface area (Å²) in [6, 6.07) is 5.73. The lowest BCUT2D eigenvalue weighted by Gasteiger charge is -2.30. The van der Waals surface area contributed by atoms with E-state index in [2.05, 4.69) is 26.8 Å². The van der Waals surface area contributed by atoms with Gasteiger partial charge in [0.2, 0.25) is 5.95 Å². The zero-order valence-corrected chi connectivity index (χ0v) is 12.2. The maximum Gasteiger partial charge on any atom is 0.226 e. The normalized spacial score (nSPS) is 16.4. The van der Waals surface area contributed by atoms with Crippen molar-refractivity contribution >= 4 is 17.5 Å². The van der Waals surface area contributed by atoms with Crippen LogP contribution in [0.5, 0.6) is 0 Å². The van der Waals surface area contributed by atoms with Gasteiger partial charge in [0.25, 0.3) is 0 Å². The second-order valence-corrected chi connectivity index (χ2v) is 5.66. The number of aromatic nitrogens is 3. The molecule has 3 heterocycles. The Kier molecular flexibility index (Phi) is 3.83. The topological polar surface area (TPSA) is 41.9 Å². The molecule has 3 rings (SSSR count). The van der Waals surface area contributed by atoms with Crippen molar-refractivity contribution in [1.82, 2.24) is 15.0 Å². The van der Waals surface area contributed by atoms with Gasteiger partial charge in [0.1, 0.15) is 5.69 Å². The van der Waals surface area contributed by atoms with Crippen molar-refractivity contribution in [3.05, 3.63) is 35.6 Å². The van der Waals surface area contributed by atoms with Gasteiger partial charge in [0.15, 0.2) is 0 Å². The van der Waals surface area contributed by atoms with Gasteiger partial charge in [-0.3, -0.25) is 4.98 Å². The number of pyridine rings is 1. The minimum atomic E-state index is 0.540. The van der Waals surface area contributed by atoms with Gasteiger partial charge in [-0.2, -0.15) is 0 Å². The Balaban J connectivity index is 1.91. The van der Waals surface area contributed by atoms with E-state index in [4.69, 9.17) is 11.6 Å². The van der Waals surface area contributed by atoms with Gasteiger partial charge in [-0.15, -0.1) is 0 Å². The molecule has 0 saturated carbocycles. The predicted molar refractivity (Wildman–Crippen MR) is 80.9 cm³/mol. The van der Waals surface area contributed by atoms with Crippen LogP contribution >= 0.6 is 11.6 Å². The number of anilines is 1. The molecule has 104 valence electrons. The first-order valence-corrected chi connectivity index (χ1v) is 7.31. The average Bonchev–Trinajstić information content (AvgIpc) is 2.50. The molecule has 0 amide bonds. The van der Waals surface area contributed by atoms with E-state index in [1.165, 1.54) is 12.8 Å². The highest BCUT2D eigenvalue weighted by molar-refractivity contribution is 6.32. The Morgan fingerprint density at radius 3 is 2.70 bits per heavy atom. The Bertz CT molecular complexity index is 580. The highest BCUT2D eigenvalue weighted by Gasteiger charge is 2.19. The van der Waals surface area contributed by atoms with Gasteiger partial charge in [-0.05, 0) is 30.9 Å². The average molecular weight is 289 g/mol. The molecular weight excluding hydrogens is 272 g/mol. The number of nitrogens with zero attached hydrogens (tertiary/aromatic N) is 4. The summed E-state index contributed by atoms with van der Waals surface area (Å²) in [5.41, 5.74) is 1.49. The molecule has 1 fully saturated rings. The first kappa shape index (κ1) is 13.3. The van der Waals surface area contributed by atoms with E-state index in [0.29, 0.717) is 10.7 Å². The molecule has 5 heteroatoms. The molecular formula is C15H17ClN4. The summed E-state index contributed by atoms with van der Waals surface area (Å²) in [6.45, 7) is 4.30. The molecule has 0 unspecified atom stereocenters. The van der Waals surface area contributed by atoms with Gasteiger partial charge in [0.05, 0.1) is 16.9 Å². The van der Waals surface area contributed by atoms with Crippen LogP contribution in [-0.4, -0.2) is 28.0 Å². The molecule has 4 nitrogen and oxygen atoms in total. The number of halogens is 1. The van der Waals surface area contributed by atoms with E-state index in [-0.39, 0.29) is 0 Å². The third-order valence-corrected chi connectivity index (χ3v) is 3.98. The third-order valence-electron chi connectivity index (χ3n) is 3.71. The van der Waals surface area contributed by atoms with E-state index < -0.39 is 0 Å². The SMILES string of the molecule is CC1CCN(c2ncc(Cl)c(-c3ccccn3)n2)CC1. The van der Waals surface area contributed by atoms with Crippen molar-refractivity contribution < 1.29 is 0 Å². The van der Waals surface area contributed by atoms with Crippen molar-refractivity contribution in [2.24, 2.45) is 5.92 Å². The molecule has 0 aromatic carbocycles. The van der Waals surface area contributed by atoms with Crippen LogP contribution in [-0.2, 0) is 0 Å². The zero-order valence-electron chi connectivity index (χ0n) is 11.5. The van der Waals surface area contributed by atoms with Crippen LogP contribution in [0.25, 0.3) is 11.4 Å². The standard InChI is InChI=1S/C15H17ClN4/c1-11-5-8-20(9-6-11)15-18-10-12(16)14(19-15)13-4-2-3-7-17-13/h2-4,7,10-11H,5-6,8-9H2,1H3. The van der Waals surface area contributed by atoms with Crippen LogP contribution in [0, 0.1) is 5.92 Å². The number of hydrogen-bond donors (Lipinski definition) is 0. The molecule has 1 saturated heterocycles. The van der Waals surface area contributed by atoms with Crippen molar-refractivity contribution in [2.75, 3.05) is 18.0 Å². The van der Waals surface area contributed by atoms with Gasteiger partial charge >= 0.3 is 0 Å². The Labute approximate surface area is 123 Å². The second-order valence-electron chi connectivity index (χ2n) is 5.25. The molecule has 0 atom stereocenters. The second kappa shape index (κ2) is 5.75. The van der Waals surface area contributed by atoms with Crippen LogP contribution < -0.4 is 4.90 Å². The van der Waals surface area contributed by atoms with Gasteiger partial charge in [0, 0.05) is 19.3 Å². The fourth-order valence-corrected chi connectivity index (χ4v) is 2.59. The third kappa shape index (κ3) is 2.75. The first-order valence-electron chi connectivity index (χ1n) is 6.93. The summed E-state index contributed by atoms with van der Waals surface area (Å²) in [7, 11) is 0. The number of piperidine rings is 1. The zero-order chi connectivity index (χ0) is 13.9. The Morgan fingerprint density at radius 1 is 1.20 bits per heavy atom. The van der Waals surface area contributed by atoms with Crippen molar-refractivity contribution in [3.63, 3.8) is 0 Å². The Hall–Kier alpha value is -1.68. The fraction of sp³-hybridized carbons (Fsp3) is 0.400. The summed E-state index contributed by atoms with van der Waals surface area (Å²) in [4.78, 5) is 15.5. The van der Waals surface area contributed by atoms with Crippen LogP contribution in [0.3, 0.4) is 0 Å². The Morgan fingerprint density at radius 2 is 2.00 bits per heavy atom. The maximum absolute atomic E-state index is 6.21. The van der Waals surface area contributed by atoms with Crippen LogP contribution in [0.15, 0.2) is 30.6 Å². The highest BCUT2D eigenvalue weighted by atomic mass is 35.5. The summed E-state index contributed by atoms with van der Waals surface area (Å²) >= 11 is 6.21. The summed E-state index contributed by atoms with van der Waals surface area (Å²) < 4.78 is 0. The lowest BCUT2D eigenvalue weighted by atomic mass is 10.00. The summed E-state index contributed by atoms with van der Waals surface area (Å²) in [5.74, 6) is 1.54. The molecule has 1 aliphatic rings. The van der Waals surface area contributed by atoms with Crippen LogP contribution in [0.1, 0.15) is 19.8 Å². The molecule has 1 aliphatic heterocycles. The molecule has 2 aromatic heterocycles. The monoisotopic (exact) mass is 288 g/mol. The molecule has 0 bridgehead atoms. The lowest BCUT2D eigenvalue weighted by molar-refractivity contribution is 0.434. The molecule has 0 N–H and O–H groups in total. The van der Waals surface area contributed by atoms with E-state index in [9.17, 15) is 0 Å². The molecule has 0 spiro atoms. The van der Waals surface area contributed by atoms with Crippen molar-refractivity contribution in [3.8, 4) is 11.4 Å². The quantitative estimate of drug-likeness (QED) is 0.849. The van der Waals surface area contributed by atoms with Crippen molar-refractivity contribution in [2.45, 2.75) is 19.8 Å². The largest absolute Gasteiger partial charge is 0.341 e. The first-order chi connectivity index (χ1) is 9.74.